The van der Waals surface area contributed by atoms with Gasteiger partial charge >= 0.3 is 6.09 Å². The van der Waals surface area contributed by atoms with Crippen molar-refractivity contribution in [3.05, 3.63) is 41.3 Å². The first-order valence-corrected chi connectivity index (χ1v) is 9.05. The summed E-state index contributed by atoms with van der Waals surface area (Å²) in [5, 5.41) is 0. The monoisotopic (exact) mass is 336 g/mol. The number of anilines is 1. The van der Waals surface area contributed by atoms with Gasteiger partial charge in [0, 0.05) is 29.6 Å². The molecule has 1 saturated heterocycles. The summed E-state index contributed by atoms with van der Waals surface area (Å²) in [5.41, 5.74) is 1.84. The van der Waals surface area contributed by atoms with Crippen molar-refractivity contribution in [3.8, 4) is 0 Å². The smallest absolute Gasteiger partial charge is 0.414 e. The van der Waals surface area contributed by atoms with E-state index in [0.29, 0.717) is 25.9 Å². The third kappa shape index (κ3) is 2.86. The number of para-hydroxylation sites is 1. The van der Waals surface area contributed by atoms with Crippen molar-refractivity contribution >= 4 is 21.8 Å². The van der Waals surface area contributed by atoms with Crippen LogP contribution in [0.2, 0.25) is 0 Å². The topological polar surface area (TPSA) is 66.9 Å². The van der Waals surface area contributed by atoms with E-state index in [-0.39, 0.29) is 23.6 Å². The van der Waals surface area contributed by atoms with E-state index in [9.17, 15) is 13.2 Å². The van der Waals surface area contributed by atoms with Gasteiger partial charge in [0.1, 0.15) is 6.61 Å². The maximum Gasteiger partial charge on any atom is 0.414 e. The third-order valence-electron chi connectivity index (χ3n) is 4.37. The van der Waals surface area contributed by atoms with E-state index in [0.717, 1.165) is 11.3 Å². The van der Waals surface area contributed by atoms with Gasteiger partial charge in [-0.15, -0.1) is 0 Å². The molecule has 0 aliphatic carbocycles. The fourth-order valence-corrected chi connectivity index (χ4v) is 4.21. The predicted octanol–water partition coefficient (Wildman–Crippen LogP) is 2.47. The van der Waals surface area contributed by atoms with Crippen molar-refractivity contribution in [2.45, 2.75) is 32.4 Å². The fraction of sp³-hybridized carbons (Fsp3) is 0.438. The Kier molecular flexibility index (Phi) is 4.16. The van der Waals surface area contributed by atoms with Crippen LogP contribution in [0.15, 0.2) is 35.7 Å². The molecule has 2 aliphatic rings. The van der Waals surface area contributed by atoms with Crippen LogP contribution < -0.4 is 4.90 Å². The SMILES string of the molecule is C=C(C)S(=O)(=O)N1CCC(N2C(=O)OCc3ccccc32)CC1. The Bertz CT molecular complexity index is 736. The number of allylic oxidation sites excluding steroid dienone is 1. The molecule has 0 spiro atoms. The molecule has 0 radical (unpaired) electrons. The average molecular weight is 336 g/mol. The number of sulfonamides is 1. The number of amides is 1. The second-order valence-corrected chi connectivity index (χ2v) is 8.05. The first-order valence-electron chi connectivity index (χ1n) is 7.61. The van der Waals surface area contributed by atoms with Gasteiger partial charge in [-0.3, -0.25) is 4.90 Å². The normalized spacial score (nSPS) is 20.0. The number of hydrogen-bond acceptors (Lipinski definition) is 4. The number of ether oxygens (including phenoxy) is 1. The highest BCUT2D eigenvalue weighted by Gasteiger charge is 2.36. The molecule has 1 aromatic rings. The van der Waals surface area contributed by atoms with E-state index >= 15 is 0 Å². The minimum absolute atomic E-state index is 0.0551. The lowest BCUT2D eigenvalue weighted by Gasteiger charge is -2.39. The minimum Gasteiger partial charge on any atom is -0.444 e. The van der Waals surface area contributed by atoms with Crippen LogP contribution in [0.3, 0.4) is 0 Å². The number of cyclic esters (lactones) is 1. The van der Waals surface area contributed by atoms with Crippen LogP contribution >= 0.6 is 0 Å². The minimum atomic E-state index is -3.42. The predicted molar refractivity (Wildman–Crippen MR) is 87.4 cm³/mol. The van der Waals surface area contributed by atoms with Crippen LogP contribution in [-0.2, 0) is 21.4 Å². The Morgan fingerprint density at radius 2 is 1.91 bits per heavy atom. The van der Waals surface area contributed by atoms with Gasteiger partial charge in [0.15, 0.2) is 0 Å². The fourth-order valence-electron chi connectivity index (χ4n) is 3.08. The number of fused-ring (bicyclic) bond motifs is 1. The lowest BCUT2D eigenvalue weighted by Crippen LogP contribution is -2.50. The Morgan fingerprint density at radius 3 is 2.57 bits per heavy atom. The summed E-state index contributed by atoms with van der Waals surface area (Å²) in [6.45, 7) is 6.09. The van der Waals surface area contributed by atoms with Crippen molar-refractivity contribution in [2.24, 2.45) is 0 Å². The number of piperidine rings is 1. The Morgan fingerprint density at radius 1 is 1.26 bits per heavy atom. The van der Waals surface area contributed by atoms with Crippen LogP contribution in [0.1, 0.15) is 25.3 Å². The lowest BCUT2D eigenvalue weighted by atomic mass is 10.0. The molecule has 2 heterocycles. The largest absolute Gasteiger partial charge is 0.444 e. The second-order valence-electron chi connectivity index (χ2n) is 5.89. The van der Waals surface area contributed by atoms with Crippen molar-refractivity contribution in [1.82, 2.24) is 4.31 Å². The quantitative estimate of drug-likeness (QED) is 0.850. The van der Waals surface area contributed by atoms with Crippen LogP contribution in [-0.4, -0.2) is 37.9 Å². The number of benzene rings is 1. The van der Waals surface area contributed by atoms with Gasteiger partial charge in [-0.05, 0) is 25.8 Å². The first-order chi connectivity index (χ1) is 10.9. The zero-order valence-corrected chi connectivity index (χ0v) is 13.9. The van der Waals surface area contributed by atoms with E-state index in [1.165, 1.54) is 11.2 Å². The second kappa shape index (κ2) is 5.98. The molecule has 1 fully saturated rings. The molecule has 23 heavy (non-hydrogen) atoms. The summed E-state index contributed by atoms with van der Waals surface area (Å²) in [4.78, 5) is 14.0. The molecular weight excluding hydrogens is 316 g/mol. The number of rotatable bonds is 3. The summed E-state index contributed by atoms with van der Waals surface area (Å²) in [6, 6.07) is 7.60. The van der Waals surface area contributed by atoms with Gasteiger partial charge in [0.05, 0.1) is 5.69 Å². The van der Waals surface area contributed by atoms with Crippen molar-refractivity contribution < 1.29 is 17.9 Å². The molecule has 3 rings (SSSR count). The highest BCUT2D eigenvalue weighted by molar-refractivity contribution is 7.92. The van der Waals surface area contributed by atoms with Crippen LogP contribution in [0.25, 0.3) is 0 Å². The zero-order valence-electron chi connectivity index (χ0n) is 13.1. The summed E-state index contributed by atoms with van der Waals surface area (Å²) in [6.07, 6.45) is 0.802. The van der Waals surface area contributed by atoms with E-state index in [1.807, 2.05) is 24.3 Å². The molecule has 124 valence electrons. The highest BCUT2D eigenvalue weighted by atomic mass is 32.2. The molecular formula is C16H20N2O4S. The maximum absolute atomic E-state index is 12.2. The molecule has 0 N–H and O–H groups in total. The van der Waals surface area contributed by atoms with Gasteiger partial charge in [-0.25, -0.2) is 13.2 Å². The Labute approximate surface area is 136 Å². The number of carbonyl (C=O) groups excluding carboxylic acids is 1. The van der Waals surface area contributed by atoms with E-state index in [2.05, 4.69) is 6.58 Å². The molecule has 0 bridgehead atoms. The molecule has 2 aliphatic heterocycles. The summed E-state index contributed by atoms with van der Waals surface area (Å²) >= 11 is 0. The van der Waals surface area contributed by atoms with Gasteiger partial charge in [0.2, 0.25) is 10.0 Å². The van der Waals surface area contributed by atoms with Crippen LogP contribution in [0.4, 0.5) is 10.5 Å². The van der Waals surface area contributed by atoms with Gasteiger partial charge in [-0.1, -0.05) is 24.8 Å². The van der Waals surface area contributed by atoms with Gasteiger partial charge < -0.3 is 4.74 Å². The van der Waals surface area contributed by atoms with Crippen LogP contribution in [0.5, 0.6) is 0 Å². The molecule has 0 saturated carbocycles. The summed E-state index contributed by atoms with van der Waals surface area (Å²) in [7, 11) is -3.42. The standard InChI is InChI=1S/C16H20N2O4S/c1-12(2)23(20,21)17-9-7-14(8-10-17)18-15-6-4-3-5-13(15)11-22-16(18)19/h3-6,14H,1,7-11H2,2H3. The third-order valence-corrected chi connectivity index (χ3v) is 6.29. The van der Waals surface area contributed by atoms with E-state index in [4.69, 9.17) is 4.74 Å². The molecule has 0 unspecified atom stereocenters. The number of carbonyl (C=O) groups is 1. The summed E-state index contributed by atoms with van der Waals surface area (Å²) in [5.74, 6) is 0. The Balaban J connectivity index is 1.78. The van der Waals surface area contributed by atoms with E-state index in [1.54, 1.807) is 4.90 Å². The number of nitrogens with zero attached hydrogens (tertiary/aromatic N) is 2. The molecule has 6 nitrogen and oxygen atoms in total. The molecule has 1 aromatic carbocycles. The first kappa shape index (κ1) is 16.0. The van der Waals surface area contributed by atoms with Gasteiger partial charge in [0.25, 0.3) is 0 Å². The van der Waals surface area contributed by atoms with Gasteiger partial charge in [-0.2, -0.15) is 4.31 Å². The Hall–Kier alpha value is -1.86. The molecule has 0 atom stereocenters. The maximum atomic E-state index is 12.2. The van der Waals surface area contributed by atoms with Crippen molar-refractivity contribution in [2.75, 3.05) is 18.0 Å². The molecule has 0 aromatic heterocycles. The average Bonchev–Trinajstić information content (AvgIpc) is 2.55. The summed E-state index contributed by atoms with van der Waals surface area (Å²) < 4.78 is 31.0. The molecule has 7 heteroatoms. The molecule has 1 amide bonds. The van der Waals surface area contributed by atoms with E-state index < -0.39 is 10.0 Å². The highest BCUT2D eigenvalue weighted by Crippen LogP contribution is 2.32. The zero-order chi connectivity index (χ0) is 16.6. The van der Waals surface area contributed by atoms with Crippen molar-refractivity contribution in [1.29, 1.82) is 0 Å². The lowest BCUT2D eigenvalue weighted by molar-refractivity contribution is 0.136. The number of hydrogen-bond donors (Lipinski definition) is 0. The van der Waals surface area contributed by atoms with Crippen molar-refractivity contribution in [3.63, 3.8) is 0 Å². The van der Waals surface area contributed by atoms with Crippen LogP contribution in [0, 0.1) is 0 Å².